The molecule has 5 rings (SSSR count). The topological polar surface area (TPSA) is 56.7 Å². The molecule has 0 saturated heterocycles. The first-order valence-electron chi connectivity index (χ1n) is 9.90. The number of alkyl halides is 3. The molecule has 0 aliphatic carbocycles. The van der Waals surface area contributed by atoms with Gasteiger partial charge < -0.3 is 4.42 Å². The Hall–Kier alpha value is -3.24. The van der Waals surface area contributed by atoms with E-state index >= 15 is 0 Å². The van der Waals surface area contributed by atoms with Gasteiger partial charge in [-0.3, -0.25) is 0 Å². The van der Waals surface area contributed by atoms with Gasteiger partial charge in [0.2, 0.25) is 0 Å². The van der Waals surface area contributed by atoms with Crippen LogP contribution >= 0.6 is 31.9 Å². The van der Waals surface area contributed by atoms with Crippen LogP contribution in [0.5, 0.6) is 0 Å². The molecule has 3 aromatic heterocycles. The number of hydrogen-bond donors (Lipinski definition) is 0. The van der Waals surface area contributed by atoms with Gasteiger partial charge in [-0.25, -0.2) is 9.97 Å². The normalized spacial score (nSPS) is 11.7. The van der Waals surface area contributed by atoms with Gasteiger partial charge >= 0.3 is 6.18 Å². The molecule has 10 heteroatoms. The van der Waals surface area contributed by atoms with E-state index in [0.29, 0.717) is 11.4 Å². The maximum Gasteiger partial charge on any atom is 0.433 e. The highest BCUT2D eigenvalue weighted by molar-refractivity contribution is 9.10. The van der Waals surface area contributed by atoms with Crippen LogP contribution in [0.3, 0.4) is 0 Å². The monoisotopic (exact) mass is 588 g/mol. The molecule has 0 saturated carbocycles. The van der Waals surface area contributed by atoms with Crippen molar-refractivity contribution in [2.45, 2.75) is 6.18 Å². The lowest BCUT2D eigenvalue weighted by molar-refractivity contribution is -0.141. The van der Waals surface area contributed by atoms with Crippen LogP contribution in [0.15, 0.2) is 92.4 Å². The number of nitrogens with zero attached hydrogens (tertiary/aromatic N) is 4. The van der Waals surface area contributed by atoms with Crippen molar-refractivity contribution in [1.82, 2.24) is 19.7 Å². The van der Waals surface area contributed by atoms with Gasteiger partial charge in [-0.05, 0) is 48.5 Å². The van der Waals surface area contributed by atoms with Crippen molar-refractivity contribution >= 4 is 31.9 Å². The summed E-state index contributed by atoms with van der Waals surface area (Å²) in [5.41, 5.74) is 1.54. The van der Waals surface area contributed by atoms with Crippen molar-refractivity contribution in [2.24, 2.45) is 0 Å². The zero-order valence-corrected chi connectivity index (χ0v) is 20.3. The molecular formula is C24H13Br2F3N4O. The summed E-state index contributed by atoms with van der Waals surface area (Å²) in [5, 5.41) is 4.59. The van der Waals surface area contributed by atoms with Gasteiger partial charge in [0.05, 0.1) is 17.7 Å². The number of aromatic nitrogens is 4. The van der Waals surface area contributed by atoms with E-state index in [9.17, 15) is 13.2 Å². The maximum atomic E-state index is 13.7. The summed E-state index contributed by atoms with van der Waals surface area (Å²) < 4.78 is 49.5. The second-order valence-electron chi connectivity index (χ2n) is 7.25. The van der Waals surface area contributed by atoms with E-state index in [1.165, 1.54) is 17.0 Å². The second-order valence-corrected chi connectivity index (χ2v) is 9.09. The van der Waals surface area contributed by atoms with Crippen molar-refractivity contribution in [3.8, 4) is 39.9 Å². The molecule has 0 aliphatic heterocycles. The highest BCUT2D eigenvalue weighted by Crippen LogP contribution is 2.33. The molecular weight excluding hydrogens is 577 g/mol. The third-order valence-electron chi connectivity index (χ3n) is 4.96. The van der Waals surface area contributed by atoms with Crippen LogP contribution in [-0.2, 0) is 6.18 Å². The van der Waals surface area contributed by atoms with Crippen LogP contribution in [0.1, 0.15) is 5.69 Å². The highest BCUT2D eigenvalue weighted by atomic mass is 79.9. The highest BCUT2D eigenvalue weighted by Gasteiger charge is 2.34. The summed E-state index contributed by atoms with van der Waals surface area (Å²) in [6, 6.07) is 20.6. The van der Waals surface area contributed by atoms with E-state index in [1.54, 1.807) is 12.1 Å². The Labute approximate surface area is 208 Å². The fourth-order valence-electron chi connectivity index (χ4n) is 3.35. The van der Waals surface area contributed by atoms with Crippen molar-refractivity contribution in [2.75, 3.05) is 0 Å². The van der Waals surface area contributed by atoms with Crippen LogP contribution in [0, 0.1) is 0 Å². The van der Waals surface area contributed by atoms with Crippen LogP contribution in [0.2, 0.25) is 0 Å². The molecule has 0 bridgehead atoms. The average molecular weight is 590 g/mol. The molecule has 3 heterocycles. The number of benzene rings is 2. The molecule has 0 aliphatic rings. The molecule has 0 radical (unpaired) electrons. The molecule has 0 atom stereocenters. The minimum absolute atomic E-state index is 0.00442. The number of hydrogen-bond acceptors (Lipinski definition) is 4. The minimum Gasteiger partial charge on any atom is -0.463 e. The lowest BCUT2D eigenvalue weighted by atomic mass is 10.1. The fourth-order valence-corrected chi connectivity index (χ4v) is 3.88. The first-order valence-corrected chi connectivity index (χ1v) is 11.5. The third-order valence-corrected chi connectivity index (χ3v) is 6.01. The lowest BCUT2D eigenvalue weighted by Crippen LogP contribution is -2.14. The molecule has 0 fully saturated rings. The Morgan fingerprint density at radius 2 is 1.41 bits per heavy atom. The number of furan rings is 1. The van der Waals surface area contributed by atoms with Gasteiger partial charge in [-0.2, -0.15) is 23.0 Å². The predicted molar refractivity (Wildman–Crippen MR) is 128 cm³/mol. The zero-order chi connectivity index (χ0) is 23.9. The minimum atomic E-state index is -4.68. The molecule has 170 valence electrons. The first kappa shape index (κ1) is 22.5. The summed E-state index contributed by atoms with van der Waals surface area (Å²) in [6.45, 7) is 0. The van der Waals surface area contributed by atoms with Crippen molar-refractivity contribution in [1.29, 1.82) is 0 Å². The average Bonchev–Trinajstić information content (AvgIpc) is 3.50. The number of rotatable bonds is 4. The van der Waals surface area contributed by atoms with Gasteiger partial charge in [-0.1, -0.05) is 56.1 Å². The first-order chi connectivity index (χ1) is 16.3. The molecule has 34 heavy (non-hydrogen) atoms. The lowest BCUT2D eigenvalue weighted by Gasteiger charge is -2.11. The second kappa shape index (κ2) is 8.84. The van der Waals surface area contributed by atoms with Crippen molar-refractivity contribution in [3.63, 3.8) is 0 Å². The van der Waals surface area contributed by atoms with Crippen LogP contribution in [-0.4, -0.2) is 19.7 Å². The van der Waals surface area contributed by atoms with Gasteiger partial charge in [0, 0.05) is 20.1 Å². The quantitative estimate of drug-likeness (QED) is 0.215. The fraction of sp³-hybridized carbons (Fsp3) is 0.0417. The summed E-state index contributed by atoms with van der Waals surface area (Å²) in [7, 11) is 0. The molecule has 2 aromatic carbocycles. The van der Waals surface area contributed by atoms with Gasteiger partial charge in [0.15, 0.2) is 11.5 Å². The Morgan fingerprint density at radius 3 is 2.00 bits per heavy atom. The van der Waals surface area contributed by atoms with Crippen LogP contribution in [0.4, 0.5) is 13.2 Å². The van der Waals surface area contributed by atoms with E-state index in [1.807, 2.05) is 48.5 Å². The Balaban J connectivity index is 1.74. The van der Waals surface area contributed by atoms with Crippen LogP contribution < -0.4 is 0 Å². The predicted octanol–water partition coefficient (Wildman–Crippen LogP) is 7.80. The maximum absolute atomic E-state index is 13.7. The van der Waals surface area contributed by atoms with E-state index < -0.39 is 11.9 Å². The smallest absolute Gasteiger partial charge is 0.433 e. The van der Waals surface area contributed by atoms with Crippen LogP contribution in [0.25, 0.3) is 39.9 Å². The molecule has 5 nitrogen and oxygen atoms in total. The van der Waals surface area contributed by atoms with E-state index in [2.05, 4.69) is 46.9 Å². The van der Waals surface area contributed by atoms with E-state index in [4.69, 9.17) is 4.42 Å². The van der Waals surface area contributed by atoms with Crippen molar-refractivity contribution < 1.29 is 17.6 Å². The SMILES string of the molecule is FC(F)(F)c1cc(-c2ccco2)nc(-n2nc(-c3ccc(Br)cc3)cc2-c2ccc(Br)cc2)n1. The Bertz CT molecular complexity index is 1450. The van der Waals surface area contributed by atoms with Gasteiger partial charge in [-0.15, -0.1) is 0 Å². The van der Waals surface area contributed by atoms with Crippen molar-refractivity contribution in [3.05, 3.63) is 93.7 Å². The Kier molecular flexibility index (Phi) is 5.86. The number of halogens is 5. The molecule has 0 unspecified atom stereocenters. The summed E-state index contributed by atoms with van der Waals surface area (Å²) in [4.78, 5) is 8.18. The Morgan fingerprint density at radius 1 is 0.765 bits per heavy atom. The summed E-state index contributed by atoms with van der Waals surface area (Å²) in [6.07, 6.45) is -3.31. The molecule has 0 amide bonds. The zero-order valence-electron chi connectivity index (χ0n) is 17.1. The van der Waals surface area contributed by atoms with Gasteiger partial charge in [0.1, 0.15) is 5.69 Å². The standard InChI is InChI=1S/C24H13Br2F3N4O/c25-16-7-3-14(4-8-16)18-12-20(15-5-9-17(26)10-6-15)33(32-18)23-30-19(21-2-1-11-34-21)13-22(31-23)24(27,28)29/h1-13H. The third kappa shape index (κ3) is 4.55. The van der Waals surface area contributed by atoms with E-state index in [-0.39, 0.29) is 17.4 Å². The molecule has 5 aromatic rings. The molecule has 0 spiro atoms. The van der Waals surface area contributed by atoms with E-state index in [0.717, 1.165) is 26.1 Å². The molecule has 0 N–H and O–H groups in total. The summed E-state index contributed by atoms with van der Waals surface area (Å²) in [5.74, 6) is -0.0258. The largest absolute Gasteiger partial charge is 0.463 e. The summed E-state index contributed by atoms with van der Waals surface area (Å²) >= 11 is 6.81. The van der Waals surface area contributed by atoms with Gasteiger partial charge in [0.25, 0.3) is 5.95 Å².